The van der Waals surface area contributed by atoms with Crippen molar-refractivity contribution in [3.8, 4) is 11.3 Å². The molecule has 0 saturated heterocycles. The first-order valence-electron chi connectivity index (χ1n) is 7.43. The number of hydrogen-bond acceptors (Lipinski definition) is 4. The smallest absolute Gasteiger partial charge is 0.276 e. The summed E-state index contributed by atoms with van der Waals surface area (Å²) in [6, 6.07) is 17.2. The van der Waals surface area contributed by atoms with E-state index >= 15 is 0 Å². The maximum Gasteiger partial charge on any atom is 0.276 e. The maximum absolute atomic E-state index is 12.1. The Morgan fingerprint density at radius 2 is 1.92 bits per heavy atom. The summed E-state index contributed by atoms with van der Waals surface area (Å²) in [6.07, 6.45) is 3.14. The number of amides is 1. The highest BCUT2D eigenvalue weighted by Crippen LogP contribution is 2.24. The third-order valence-corrected chi connectivity index (χ3v) is 3.62. The van der Waals surface area contributed by atoms with Gasteiger partial charge in [-0.25, -0.2) is 4.98 Å². The average Bonchev–Trinajstić information content (AvgIpc) is 3.06. The summed E-state index contributed by atoms with van der Waals surface area (Å²) in [7, 11) is 0. The zero-order valence-corrected chi connectivity index (χ0v) is 12.6. The summed E-state index contributed by atoms with van der Waals surface area (Å²) in [6.45, 7) is 0. The molecule has 6 heteroatoms. The van der Waals surface area contributed by atoms with Crippen molar-refractivity contribution in [2.24, 2.45) is 0 Å². The molecule has 0 saturated carbocycles. The van der Waals surface area contributed by atoms with Crippen LogP contribution in [-0.4, -0.2) is 26.1 Å². The fraction of sp³-hybridized carbons (Fsp3) is 0. The van der Waals surface area contributed by atoms with Gasteiger partial charge in [0.15, 0.2) is 5.69 Å². The van der Waals surface area contributed by atoms with E-state index in [-0.39, 0.29) is 11.6 Å². The largest absolute Gasteiger partial charge is 0.339 e. The van der Waals surface area contributed by atoms with Gasteiger partial charge in [0.2, 0.25) is 0 Å². The van der Waals surface area contributed by atoms with Gasteiger partial charge in [-0.05, 0) is 29.8 Å². The van der Waals surface area contributed by atoms with E-state index in [1.54, 1.807) is 18.3 Å². The summed E-state index contributed by atoms with van der Waals surface area (Å²) in [5.74, 6) is -0.317. The van der Waals surface area contributed by atoms with Gasteiger partial charge in [0.1, 0.15) is 5.65 Å². The summed E-state index contributed by atoms with van der Waals surface area (Å²) in [5.41, 5.74) is 3.70. The van der Waals surface area contributed by atoms with E-state index in [0.29, 0.717) is 5.69 Å². The fourth-order valence-electron chi connectivity index (χ4n) is 2.47. The summed E-state index contributed by atoms with van der Waals surface area (Å²) in [4.78, 5) is 19.8. The monoisotopic (exact) mass is 315 g/mol. The highest BCUT2D eigenvalue weighted by Gasteiger charge is 2.09. The fourth-order valence-corrected chi connectivity index (χ4v) is 2.47. The summed E-state index contributed by atoms with van der Waals surface area (Å²) < 4.78 is 0. The van der Waals surface area contributed by atoms with Crippen LogP contribution in [0, 0.1) is 0 Å². The van der Waals surface area contributed by atoms with Crippen LogP contribution in [0.3, 0.4) is 0 Å². The molecule has 3 heterocycles. The average molecular weight is 315 g/mol. The van der Waals surface area contributed by atoms with Crippen molar-refractivity contribution in [1.82, 2.24) is 20.2 Å². The van der Waals surface area contributed by atoms with Gasteiger partial charge in [0.05, 0.1) is 11.9 Å². The molecule has 0 aliphatic rings. The van der Waals surface area contributed by atoms with E-state index in [9.17, 15) is 4.79 Å². The quantitative estimate of drug-likeness (QED) is 0.608. The lowest BCUT2D eigenvalue weighted by molar-refractivity contribution is 0.102. The Labute approximate surface area is 137 Å². The van der Waals surface area contributed by atoms with Crippen molar-refractivity contribution in [3.63, 3.8) is 0 Å². The number of aromatic nitrogens is 4. The Morgan fingerprint density at radius 1 is 1.04 bits per heavy atom. The normalized spacial score (nSPS) is 10.7. The predicted octanol–water partition coefficient (Wildman–Crippen LogP) is 3.27. The third-order valence-electron chi connectivity index (χ3n) is 3.62. The van der Waals surface area contributed by atoms with Gasteiger partial charge < -0.3 is 10.3 Å². The molecule has 0 spiro atoms. The van der Waals surface area contributed by atoms with Gasteiger partial charge in [-0.1, -0.05) is 30.3 Å². The number of fused-ring (bicyclic) bond motifs is 1. The standard InChI is InChI=1S/C18H13N5O/c24-18(15-7-4-8-20-23-15)21-14-9-13-10-16(22-17(13)19-11-14)12-5-2-1-3-6-12/h1-11H,(H,19,22)(H,21,24). The highest BCUT2D eigenvalue weighted by molar-refractivity contribution is 6.03. The van der Waals surface area contributed by atoms with Gasteiger partial charge in [-0.15, -0.1) is 5.10 Å². The molecule has 3 aromatic heterocycles. The molecule has 0 aliphatic heterocycles. The molecule has 24 heavy (non-hydrogen) atoms. The third kappa shape index (κ3) is 2.72. The zero-order valence-electron chi connectivity index (χ0n) is 12.6. The van der Waals surface area contributed by atoms with E-state index in [1.165, 1.54) is 6.20 Å². The molecule has 0 atom stereocenters. The van der Waals surface area contributed by atoms with Crippen LogP contribution >= 0.6 is 0 Å². The number of carbonyl (C=O) groups is 1. The minimum Gasteiger partial charge on any atom is -0.339 e. The number of pyridine rings is 1. The number of aromatic amines is 1. The van der Waals surface area contributed by atoms with Crippen molar-refractivity contribution in [3.05, 3.63) is 72.7 Å². The molecule has 4 rings (SSSR count). The minimum atomic E-state index is -0.317. The summed E-state index contributed by atoms with van der Waals surface area (Å²) in [5, 5.41) is 11.2. The van der Waals surface area contributed by atoms with Crippen LogP contribution in [0.5, 0.6) is 0 Å². The van der Waals surface area contributed by atoms with Crippen molar-refractivity contribution in [2.45, 2.75) is 0 Å². The predicted molar refractivity (Wildman–Crippen MR) is 91.5 cm³/mol. The lowest BCUT2D eigenvalue weighted by Crippen LogP contribution is -2.14. The van der Waals surface area contributed by atoms with Crippen LogP contribution in [0.25, 0.3) is 22.3 Å². The number of rotatable bonds is 3. The number of carbonyl (C=O) groups excluding carboxylic acids is 1. The Morgan fingerprint density at radius 3 is 2.71 bits per heavy atom. The second-order valence-corrected chi connectivity index (χ2v) is 5.27. The highest BCUT2D eigenvalue weighted by atomic mass is 16.1. The Bertz CT molecular complexity index is 996. The number of nitrogens with zero attached hydrogens (tertiary/aromatic N) is 3. The molecule has 6 nitrogen and oxygen atoms in total. The molecule has 1 aromatic carbocycles. The van der Waals surface area contributed by atoms with Crippen LogP contribution in [0.4, 0.5) is 5.69 Å². The topological polar surface area (TPSA) is 83.6 Å². The lowest BCUT2D eigenvalue weighted by atomic mass is 10.1. The van der Waals surface area contributed by atoms with Gasteiger partial charge in [-0.2, -0.15) is 5.10 Å². The minimum absolute atomic E-state index is 0.261. The van der Waals surface area contributed by atoms with Crippen LogP contribution in [0.2, 0.25) is 0 Å². The molecule has 0 bridgehead atoms. The van der Waals surface area contributed by atoms with Crippen LogP contribution in [-0.2, 0) is 0 Å². The lowest BCUT2D eigenvalue weighted by Gasteiger charge is -2.03. The molecule has 4 aromatic rings. The SMILES string of the molecule is O=C(Nc1cnc2[nH]c(-c3ccccc3)cc2c1)c1cccnn1. The molecule has 2 N–H and O–H groups in total. The number of H-pyrrole nitrogens is 1. The second kappa shape index (κ2) is 5.92. The molecule has 0 unspecified atom stereocenters. The van der Waals surface area contributed by atoms with Crippen molar-refractivity contribution < 1.29 is 4.79 Å². The molecular weight excluding hydrogens is 302 g/mol. The van der Waals surface area contributed by atoms with E-state index < -0.39 is 0 Å². The van der Waals surface area contributed by atoms with E-state index in [1.807, 2.05) is 42.5 Å². The van der Waals surface area contributed by atoms with Gasteiger partial charge in [-0.3, -0.25) is 4.79 Å². The Hall–Kier alpha value is -3.54. The first kappa shape index (κ1) is 14.1. The van der Waals surface area contributed by atoms with Crippen LogP contribution < -0.4 is 5.32 Å². The Balaban J connectivity index is 1.63. The van der Waals surface area contributed by atoms with E-state index in [2.05, 4.69) is 25.5 Å². The number of nitrogens with one attached hydrogen (secondary N) is 2. The first-order chi connectivity index (χ1) is 11.8. The molecule has 0 fully saturated rings. The van der Waals surface area contributed by atoms with Crippen molar-refractivity contribution in [2.75, 3.05) is 5.32 Å². The summed E-state index contributed by atoms with van der Waals surface area (Å²) >= 11 is 0. The van der Waals surface area contributed by atoms with Crippen molar-refractivity contribution in [1.29, 1.82) is 0 Å². The molecule has 1 amide bonds. The number of anilines is 1. The zero-order chi connectivity index (χ0) is 16.4. The molecule has 0 radical (unpaired) electrons. The van der Waals surface area contributed by atoms with Gasteiger partial charge >= 0.3 is 0 Å². The Kier molecular flexibility index (Phi) is 3.47. The number of benzene rings is 1. The molecule has 116 valence electrons. The second-order valence-electron chi connectivity index (χ2n) is 5.27. The first-order valence-corrected chi connectivity index (χ1v) is 7.43. The van der Waals surface area contributed by atoms with Crippen LogP contribution in [0.1, 0.15) is 10.5 Å². The van der Waals surface area contributed by atoms with Gasteiger partial charge in [0.25, 0.3) is 5.91 Å². The number of hydrogen-bond donors (Lipinski definition) is 2. The van der Waals surface area contributed by atoms with E-state index in [0.717, 1.165) is 22.3 Å². The van der Waals surface area contributed by atoms with Gasteiger partial charge in [0, 0.05) is 17.3 Å². The van der Waals surface area contributed by atoms with Crippen molar-refractivity contribution >= 4 is 22.6 Å². The molecular formula is C18H13N5O. The van der Waals surface area contributed by atoms with E-state index in [4.69, 9.17) is 0 Å². The van der Waals surface area contributed by atoms with Crippen LogP contribution in [0.15, 0.2) is 67.0 Å². The maximum atomic E-state index is 12.1. The molecule has 0 aliphatic carbocycles.